The second kappa shape index (κ2) is 7.80. The number of carbonyl (C=O) groups is 2. The van der Waals surface area contributed by atoms with Crippen LogP contribution in [0.2, 0.25) is 0 Å². The molecule has 0 spiro atoms. The van der Waals surface area contributed by atoms with Crippen LogP contribution in [-0.2, 0) is 16.1 Å². The van der Waals surface area contributed by atoms with E-state index in [1.54, 1.807) is 51.0 Å². The van der Waals surface area contributed by atoms with E-state index in [1.807, 2.05) is 24.3 Å². The van der Waals surface area contributed by atoms with E-state index in [0.717, 1.165) is 11.3 Å². The highest BCUT2D eigenvalue weighted by Gasteiger charge is 2.26. The second-order valence-corrected chi connectivity index (χ2v) is 7.43. The van der Waals surface area contributed by atoms with Crippen LogP contribution < -0.4 is 19.7 Å². The standard InChI is InChI=1S/C21H24N2O5/c1-21(2,3)28-20(25)22-15-7-10-18-17(11-15)23(19(24)13-27-18)12-14-5-8-16(26-4)9-6-14/h5-11H,12-13H2,1-4H3,(H,22,25). The Labute approximate surface area is 164 Å². The Morgan fingerprint density at radius 3 is 2.54 bits per heavy atom. The van der Waals surface area contributed by atoms with Crippen molar-refractivity contribution in [1.29, 1.82) is 0 Å². The molecule has 0 saturated heterocycles. The van der Waals surface area contributed by atoms with Crippen LogP contribution in [-0.4, -0.2) is 31.3 Å². The third kappa shape index (κ3) is 4.73. The molecule has 3 rings (SSSR count). The number of hydrogen-bond acceptors (Lipinski definition) is 5. The number of hydrogen-bond donors (Lipinski definition) is 1. The quantitative estimate of drug-likeness (QED) is 0.863. The van der Waals surface area contributed by atoms with Crippen molar-refractivity contribution in [2.75, 3.05) is 23.9 Å². The zero-order valence-electron chi connectivity index (χ0n) is 16.4. The maximum absolute atomic E-state index is 12.5. The molecule has 1 N–H and O–H groups in total. The Morgan fingerprint density at radius 1 is 1.18 bits per heavy atom. The number of benzene rings is 2. The van der Waals surface area contributed by atoms with Gasteiger partial charge in [-0.25, -0.2) is 4.79 Å². The largest absolute Gasteiger partial charge is 0.497 e. The lowest BCUT2D eigenvalue weighted by Crippen LogP contribution is -2.38. The normalized spacial score (nSPS) is 13.4. The minimum absolute atomic E-state index is 0.0258. The van der Waals surface area contributed by atoms with Gasteiger partial charge in [-0.15, -0.1) is 0 Å². The predicted molar refractivity (Wildman–Crippen MR) is 106 cm³/mol. The van der Waals surface area contributed by atoms with Gasteiger partial charge in [0.2, 0.25) is 0 Å². The first kappa shape index (κ1) is 19.5. The van der Waals surface area contributed by atoms with E-state index in [9.17, 15) is 9.59 Å². The van der Waals surface area contributed by atoms with Crippen molar-refractivity contribution in [3.8, 4) is 11.5 Å². The van der Waals surface area contributed by atoms with Gasteiger partial charge in [0.05, 0.1) is 19.3 Å². The van der Waals surface area contributed by atoms with Gasteiger partial charge in [-0.2, -0.15) is 0 Å². The molecule has 0 radical (unpaired) electrons. The van der Waals surface area contributed by atoms with Crippen LogP contribution in [0.5, 0.6) is 11.5 Å². The fourth-order valence-corrected chi connectivity index (χ4v) is 2.79. The summed E-state index contributed by atoms with van der Waals surface area (Å²) in [7, 11) is 1.61. The van der Waals surface area contributed by atoms with E-state index in [0.29, 0.717) is 23.7 Å². The lowest BCUT2D eigenvalue weighted by molar-refractivity contribution is -0.121. The fourth-order valence-electron chi connectivity index (χ4n) is 2.79. The number of amides is 2. The van der Waals surface area contributed by atoms with Gasteiger partial charge in [0.15, 0.2) is 6.61 Å². The Balaban J connectivity index is 1.82. The van der Waals surface area contributed by atoms with Crippen LogP contribution in [0.1, 0.15) is 26.3 Å². The molecule has 2 aromatic rings. The minimum atomic E-state index is -0.599. The molecule has 0 bridgehead atoms. The van der Waals surface area contributed by atoms with E-state index >= 15 is 0 Å². The van der Waals surface area contributed by atoms with Crippen molar-refractivity contribution >= 4 is 23.4 Å². The lowest BCUT2D eigenvalue weighted by atomic mass is 10.1. The summed E-state index contributed by atoms with van der Waals surface area (Å²) in [6.07, 6.45) is -0.558. The minimum Gasteiger partial charge on any atom is -0.497 e. The highest BCUT2D eigenvalue weighted by atomic mass is 16.6. The predicted octanol–water partition coefficient (Wildman–Crippen LogP) is 3.97. The SMILES string of the molecule is COc1ccc(CN2C(=O)COc3ccc(NC(=O)OC(C)(C)C)cc32)cc1. The van der Waals surface area contributed by atoms with Crippen molar-refractivity contribution < 1.29 is 23.8 Å². The molecule has 1 aliphatic heterocycles. The Hall–Kier alpha value is -3.22. The van der Waals surface area contributed by atoms with Gasteiger partial charge in [0.1, 0.15) is 17.1 Å². The van der Waals surface area contributed by atoms with Crippen molar-refractivity contribution in [1.82, 2.24) is 0 Å². The number of nitrogens with one attached hydrogen (secondary N) is 1. The molecule has 2 amide bonds. The number of nitrogens with zero attached hydrogens (tertiary/aromatic N) is 1. The third-order valence-corrected chi connectivity index (χ3v) is 4.05. The van der Waals surface area contributed by atoms with Crippen LogP contribution in [0.15, 0.2) is 42.5 Å². The highest BCUT2D eigenvalue weighted by Crippen LogP contribution is 2.35. The molecule has 2 aromatic carbocycles. The average molecular weight is 384 g/mol. The summed E-state index contributed by atoms with van der Waals surface area (Å²) in [6, 6.07) is 12.7. The molecule has 1 heterocycles. The molecular weight excluding hydrogens is 360 g/mol. The van der Waals surface area contributed by atoms with Crippen LogP contribution in [0.4, 0.5) is 16.2 Å². The molecule has 148 valence electrons. The van der Waals surface area contributed by atoms with E-state index < -0.39 is 11.7 Å². The van der Waals surface area contributed by atoms with Crippen molar-refractivity contribution in [2.45, 2.75) is 32.9 Å². The van der Waals surface area contributed by atoms with Crippen LogP contribution in [0.3, 0.4) is 0 Å². The highest BCUT2D eigenvalue weighted by molar-refractivity contribution is 5.99. The number of fused-ring (bicyclic) bond motifs is 1. The van der Waals surface area contributed by atoms with Gasteiger partial charge in [-0.1, -0.05) is 12.1 Å². The Kier molecular flexibility index (Phi) is 5.44. The third-order valence-electron chi connectivity index (χ3n) is 4.05. The fraction of sp³-hybridized carbons (Fsp3) is 0.333. The number of anilines is 2. The summed E-state index contributed by atoms with van der Waals surface area (Å²) >= 11 is 0. The van der Waals surface area contributed by atoms with Gasteiger partial charge >= 0.3 is 6.09 Å². The lowest BCUT2D eigenvalue weighted by Gasteiger charge is -2.30. The molecule has 0 fully saturated rings. The maximum Gasteiger partial charge on any atom is 0.412 e. The van der Waals surface area contributed by atoms with Gasteiger partial charge in [-0.05, 0) is 56.7 Å². The molecule has 0 aromatic heterocycles. The maximum atomic E-state index is 12.5. The van der Waals surface area contributed by atoms with E-state index in [1.165, 1.54) is 0 Å². The molecule has 1 aliphatic rings. The molecule has 0 atom stereocenters. The van der Waals surface area contributed by atoms with Crippen molar-refractivity contribution in [2.24, 2.45) is 0 Å². The zero-order chi connectivity index (χ0) is 20.3. The van der Waals surface area contributed by atoms with E-state index in [-0.39, 0.29) is 12.5 Å². The monoisotopic (exact) mass is 384 g/mol. The van der Waals surface area contributed by atoms with Crippen LogP contribution >= 0.6 is 0 Å². The summed E-state index contributed by atoms with van der Waals surface area (Å²) in [5.74, 6) is 1.18. The van der Waals surface area contributed by atoms with Crippen molar-refractivity contribution in [3.63, 3.8) is 0 Å². The summed E-state index contributed by atoms with van der Waals surface area (Å²) in [5.41, 5.74) is 1.47. The smallest absolute Gasteiger partial charge is 0.412 e. The Morgan fingerprint density at radius 2 is 1.89 bits per heavy atom. The topological polar surface area (TPSA) is 77.1 Å². The number of methoxy groups -OCH3 is 1. The van der Waals surface area contributed by atoms with Crippen LogP contribution in [0.25, 0.3) is 0 Å². The van der Waals surface area contributed by atoms with Crippen molar-refractivity contribution in [3.05, 3.63) is 48.0 Å². The summed E-state index contributed by atoms with van der Waals surface area (Å²) in [4.78, 5) is 26.1. The first-order valence-electron chi connectivity index (χ1n) is 8.95. The number of rotatable bonds is 4. The second-order valence-electron chi connectivity index (χ2n) is 7.43. The molecule has 7 heteroatoms. The summed E-state index contributed by atoms with van der Waals surface area (Å²) in [6.45, 7) is 5.74. The molecule has 28 heavy (non-hydrogen) atoms. The van der Waals surface area contributed by atoms with Gasteiger partial charge in [-0.3, -0.25) is 10.1 Å². The van der Waals surface area contributed by atoms with Crippen LogP contribution in [0, 0.1) is 0 Å². The van der Waals surface area contributed by atoms with Gasteiger partial charge < -0.3 is 19.1 Å². The Bertz CT molecular complexity index is 871. The first-order chi connectivity index (χ1) is 13.2. The first-order valence-corrected chi connectivity index (χ1v) is 8.95. The van der Waals surface area contributed by atoms with Gasteiger partial charge in [0, 0.05) is 5.69 Å². The van der Waals surface area contributed by atoms with E-state index in [2.05, 4.69) is 5.32 Å². The number of carbonyl (C=O) groups excluding carboxylic acids is 2. The van der Waals surface area contributed by atoms with E-state index in [4.69, 9.17) is 14.2 Å². The molecular formula is C21H24N2O5. The van der Waals surface area contributed by atoms with Gasteiger partial charge in [0.25, 0.3) is 5.91 Å². The zero-order valence-corrected chi connectivity index (χ0v) is 16.4. The summed E-state index contributed by atoms with van der Waals surface area (Å²) < 4.78 is 16.0. The molecule has 0 saturated carbocycles. The summed E-state index contributed by atoms with van der Waals surface area (Å²) in [5, 5.41) is 2.69. The molecule has 0 unspecified atom stereocenters. The molecule has 7 nitrogen and oxygen atoms in total. The number of ether oxygens (including phenoxy) is 3. The molecule has 0 aliphatic carbocycles. The average Bonchev–Trinajstić information content (AvgIpc) is 2.63.